The normalized spacial score (nSPS) is 12.6. The fourth-order valence-electron chi connectivity index (χ4n) is 2.35. The average molecular weight is 402 g/mol. The van der Waals surface area contributed by atoms with Crippen LogP contribution in [0.25, 0.3) is 0 Å². The Hall–Kier alpha value is -2.13. The van der Waals surface area contributed by atoms with Gasteiger partial charge in [-0.05, 0) is 31.0 Å². The number of esters is 1. The second-order valence-electron chi connectivity index (χ2n) is 5.96. The first kappa shape index (κ1) is 21.2. The number of hydrogen-bond donors (Lipinski definition) is 1. The summed E-state index contributed by atoms with van der Waals surface area (Å²) in [5, 5.41) is 3.92. The van der Waals surface area contributed by atoms with E-state index in [4.69, 9.17) is 4.74 Å². The molecule has 2 rings (SSSR count). The van der Waals surface area contributed by atoms with Crippen molar-refractivity contribution in [3.8, 4) is 5.75 Å². The van der Waals surface area contributed by atoms with Crippen LogP contribution in [0, 0.1) is 0 Å². The van der Waals surface area contributed by atoms with Crippen LogP contribution in [0.3, 0.4) is 0 Å². The summed E-state index contributed by atoms with van der Waals surface area (Å²) < 4.78 is 47.4. The van der Waals surface area contributed by atoms with Crippen molar-refractivity contribution in [2.24, 2.45) is 0 Å². The zero-order valence-electron chi connectivity index (χ0n) is 15.0. The Morgan fingerprint density at radius 2 is 2.00 bits per heavy atom. The number of halogens is 3. The van der Waals surface area contributed by atoms with Crippen LogP contribution in [0.5, 0.6) is 5.75 Å². The van der Waals surface area contributed by atoms with Crippen LogP contribution >= 0.6 is 11.3 Å². The van der Waals surface area contributed by atoms with Crippen molar-refractivity contribution in [2.45, 2.75) is 32.0 Å². The van der Waals surface area contributed by atoms with E-state index in [2.05, 4.69) is 15.0 Å². The van der Waals surface area contributed by atoms with Gasteiger partial charge in [-0.15, -0.1) is 11.3 Å². The lowest BCUT2D eigenvalue weighted by molar-refractivity contribution is -0.143. The van der Waals surface area contributed by atoms with E-state index in [1.54, 1.807) is 12.1 Å². The van der Waals surface area contributed by atoms with Gasteiger partial charge in [0.15, 0.2) is 11.6 Å². The van der Waals surface area contributed by atoms with Gasteiger partial charge in [0, 0.05) is 24.4 Å². The molecule has 27 heavy (non-hydrogen) atoms. The number of thiazole rings is 1. The minimum atomic E-state index is -4.38. The average Bonchev–Trinajstić information content (AvgIpc) is 3.10. The first-order valence-electron chi connectivity index (χ1n) is 8.31. The van der Waals surface area contributed by atoms with Gasteiger partial charge in [0.1, 0.15) is 5.75 Å². The SMILES string of the molecule is COC(=O)COc1ccc(CC(C)NCCc2csc(C(F)(F)F)n2)cc1. The number of rotatable bonds is 9. The van der Waals surface area contributed by atoms with Gasteiger partial charge in [-0.2, -0.15) is 13.2 Å². The van der Waals surface area contributed by atoms with Gasteiger partial charge in [-0.3, -0.25) is 0 Å². The Bertz CT molecular complexity index is 732. The van der Waals surface area contributed by atoms with E-state index in [0.717, 1.165) is 12.0 Å². The van der Waals surface area contributed by atoms with Crippen molar-refractivity contribution in [3.05, 3.63) is 45.9 Å². The molecular weight excluding hydrogens is 381 g/mol. The number of carbonyl (C=O) groups is 1. The van der Waals surface area contributed by atoms with E-state index in [1.807, 2.05) is 19.1 Å². The lowest BCUT2D eigenvalue weighted by atomic mass is 10.1. The molecule has 0 saturated heterocycles. The van der Waals surface area contributed by atoms with E-state index in [1.165, 1.54) is 12.5 Å². The first-order valence-corrected chi connectivity index (χ1v) is 9.19. The highest BCUT2D eigenvalue weighted by atomic mass is 32.1. The number of aromatic nitrogens is 1. The van der Waals surface area contributed by atoms with Crippen molar-refractivity contribution >= 4 is 17.3 Å². The number of benzene rings is 1. The Balaban J connectivity index is 1.73. The Morgan fingerprint density at radius 1 is 1.30 bits per heavy atom. The van der Waals surface area contributed by atoms with Crippen LogP contribution in [-0.2, 0) is 28.5 Å². The number of nitrogens with one attached hydrogen (secondary N) is 1. The summed E-state index contributed by atoms with van der Waals surface area (Å²) in [6, 6.07) is 7.51. The predicted molar refractivity (Wildman–Crippen MR) is 95.9 cm³/mol. The van der Waals surface area contributed by atoms with Gasteiger partial charge < -0.3 is 14.8 Å². The molecule has 0 spiro atoms. The smallest absolute Gasteiger partial charge is 0.443 e. The highest BCUT2D eigenvalue weighted by Crippen LogP contribution is 2.31. The quantitative estimate of drug-likeness (QED) is 0.651. The third kappa shape index (κ3) is 7.18. The molecule has 1 aromatic carbocycles. The van der Waals surface area contributed by atoms with Crippen LogP contribution in [-0.4, -0.2) is 37.3 Å². The standard InChI is InChI=1S/C18H21F3N2O3S/c1-12(22-8-7-14-11-27-17(23-14)18(19,20)21)9-13-3-5-15(6-4-13)26-10-16(24)25-2/h3-6,11-12,22H,7-10H2,1-2H3. The number of ether oxygens (including phenoxy) is 2. The summed E-state index contributed by atoms with van der Waals surface area (Å²) in [5.41, 5.74) is 1.52. The summed E-state index contributed by atoms with van der Waals surface area (Å²) in [4.78, 5) is 14.7. The van der Waals surface area contributed by atoms with Crippen LogP contribution in [0.1, 0.15) is 23.2 Å². The molecular formula is C18H21F3N2O3S. The maximum absolute atomic E-state index is 12.5. The molecule has 0 aliphatic carbocycles. The summed E-state index contributed by atoms with van der Waals surface area (Å²) >= 11 is 0.622. The molecule has 1 heterocycles. The molecule has 148 valence electrons. The van der Waals surface area contributed by atoms with Gasteiger partial charge in [-0.25, -0.2) is 9.78 Å². The van der Waals surface area contributed by atoms with E-state index in [0.29, 0.717) is 35.7 Å². The number of nitrogens with zero attached hydrogens (tertiary/aromatic N) is 1. The molecule has 0 fully saturated rings. The fraction of sp³-hybridized carbons (Fsp3) is 0.444. The summed E-state index contributed by atoms with van der Waals surface area (Å²) in [5.74, 6) is 0.133. The number of hydrogen-bond acceptors (Lipinski definition) is 6. The Labute approximate surface area is 159 Å². The van der Waals surface area contributed by atoms with E-state index >= 15 is 0 Å². The van der Waals surface area contributed by atoms with Crippen molar-refractivity contribution in [3.63, 3.8) is 0 Å². The summed E-state index contributed by atoms with van der Waals surface area (Å²) in [6.45, 7) is 2.41. The second-order valence-corrected chi connectivity index (χ2v) is 6.82. The highest BCUT2D eigenvalue weighted by molar-refractivity contribution is 7.09. The minimum Gasteiger partial charge on any atom is -0.482 e. The molecule has 2 aromatic rings. The lowest BCUT2D eigenvalue weighted by Crippen LogP contribution is -2.30. The van der Waals surface area contributed by atoms with Crippen molar-refractivity contribution in [2.75, 3.05) is 20.3 Å². The minimum absolute atomic E-state index is 0.138. The largest absolute Gasteiger partial charge is 0.482 e. The lowest BCUT2D eigenvalue weighted by Gasteiger charge is -2.14. The van der Waals surface area contributed by atoms with Gasteiger partial charge in [0.2, 0.25) is 0 Å². The maximum atomic E-state index is 12.5. The molecule has 0 radical (unpaired) electrons. The summed E-state index contributed by atoms with van der Waals surface area (Å²) in [7, 11) is 1.30. The second kappa shape index (κ2) is 9.70. The van der Waals surface area contributed by atoms with E-state index < -0.39 is 17.2 Å². The molecule has 1 aromatic heterocycles. The van der Waals surface area contributed by atoms with Crippen molar-refractivity contribution in [1.82, 2.24) is 10.3 Å². The molecule has 1 unspecified atom stereocenters. The molecule has 0 amide bonds. The number of carbonyl (C=O) groups excluding carboxylic acids is 1. The topological polar surface area (TPSA) is 60.5 Å². The highest BCUT2D eigenvalue weighted by Gasteiger charge is 2.34. The van der Waals surface area contributed by atoms with Crippen molar-refractivity contribution < 1.29 is 27.4 Å². The molecule has 1 atom stereocenters. The molecule has 5 nitrogen and oxygen atoms in total. The van der Waals surface area contributed by atoms with Gasteiger partial charge in [-0.1, -0.05) is 12.1 Å². The fourth-order valence-corrected chi connectivity index (χ4v) is 3.07. The Morgan fingerprint density at radius 3 is 2.59 bits per heavy atom. The summed E-state index contributed by atoms with van der Waals surface area (Å²) in [6.07, 6.45) is -3.18. The maximum Gasteiger partial charge on any atom is 0.443 e. The van der Waals surface area contributed by atoms with Crippen LogP contribution in [0.4, 0.5) is 13.2 Å². The molecule has 0 aliphatic heterocycles. The molecule has 1 N–H and O–H groups in total. The van der Waals surface area contributed by atoms with Crippen LogP contribution in [0.2, 0.25) is 0 Å². The van der Waals surface area contributed by atoms with Gasteiger partial charge >= 0.3 is 12.1 Å². The van der Waals surface area contributed by atoms with Gasteiger partial charge in [0.05, 0.1) is 12.8 Å². The zero-order chi connectivity index (χ0) is 19.9. The van der Waals surface area contributed by atoms with E-state index in [9.17, 15) is 18.0 Å². The van der Waals surface area contributed by atoms with Gasteiger partial charge in [0.25, 0.3) is 0 Å². The predicted octanol–water partition coefficient (Wildman–Crippen LogP) is 3.48. The third-order valence-electron chi connectivity index (χ3n) is 3.72. The van der Waals surface area contributed by atoms with Crippen LogP contribution < -0.4 is 10.1 Å². The molecule has 9 heteroatoms. The van der Waals surface area contributed by atoms with E-state index in [-0.39, 0.29) is 12.6 Å². The monoisotopic (exact) mass is 402 g/mol. The number of alkyl halides is 3. The first-order chi connectivity index (χ1) is 12.8. The molecule has 0 aliphatic rings. The van der Waals surface area contributed by atoms with Crippen molar-refractivity contribution in [1.29, 1.82) is 0 Å². The zero-order valence-corrected chi connectivity index (χ0v) is 15.8. The van der Waals surface area contributed by atoms with Crippen LogP contribution in [0.15, 0.2) is 29.6 Å². The number of methoxy groups -OCH3 is 1. The Kier molecular flexibility index (Phi) is 7.61. The molecule has 0 saturated carbocycles. The molecule has 0 bridgehead atoms. The third-order valence-corrected chi connectivity index (χ3v) is 4.65.